The summed E-state index contributed by atoms with van der Waals surface area (Å²) in [5.74, 6) is 1.08. The van der Waals surface area contributed by atoms with E-state index >= 15 is 0 Å². The third-order valence-corrected chi connectivity index (χ3v) is 5.14. The summed E-state index contributed by atoms with van der Waals surface area (Å²) in [6, 6.07) is 17.8. The molecule has 5 rings (SSSR count). The van der Waals surface area contributed by atoms with E-state index in [0.717, 1.165) is 24.3 Å². The highest BCUT2D eigenvalue weighted by Crippen LogP contribution is 2.33. The SMILES string of the molecule is Nc1ncc(Cl)cn1.O=c1ccccn1-c1ccc(NC2CCc3ccccc32)nc1. The largest absolute Gasteiger partial charge is 0.368 e. The van der Waals surface area contributed by atoms with Crippen molar-refractivity contribution in [3.63, 3.8) is 0 Å². The fourth-order valence-corrected chi connectivity index (χ4v) is 3.56. The maximum atomic E-state index is 11.8. The lowest BCUT2D eigenvalue weighted by Crippen LogP contribution is -2.16. The number of nitrogen functional groups attached to an aromatic ring is 1. The average molecular weight is 433 g/mol. The number of hydrogen-bond donors (Lipinski definition) is 2. The third-order valence-electron chi connectivity index (χ3n) is 4.94. The second-order valence-electron chi connectivity index (χ2n) is 7.00. The van der Waals surface area contributed by atoms with Crippen LogP contribution in [0.25, 0.3) is 5.69 Å². The lowest BCUT2D eigenvalue weighted by Gasteiger charge is -2.15. The van der Waals surface area contributed by atoms with Gasteiger partial charge in [-0.25, -0.2) is 15.0 Å². The molecule has 156 valence electrons. The lowest BCUT2D eigenvalue weighted by atomic mass is 10.1. The first kappa shape index (κ1) is 20.6. The zero-order valence-corrected chi connectivity index (χ0v) is 17.4. The van der Waals surface area contributed by atoms with Gasteiger partial charge < -0.3 is 11.1 Å². The molecule has 0 spiro atoms. The van der Waals surface area contributed by atoms with E-state index in [1.54, 1.807) is 29.1 Å². The lowest BCUT2D eigenvalue weighted by molar-refractivity contribution is 0.757. The van der Waals surface area contributed by atoms with Gasteiger partial charge in [0, 0.05) is 12.3 Å². The van der Waals surface area contributed by atoms with Gasteiger partial charge in [-0.15, -0.1) is 0 Å². The van der Waals surface area contributed by atoms with Gasteiger partial charge in [-0.2, -0.15) is 0 Å². The van der Waals surface area contributed by atoms with Gasteiger partial charge in [-0.3, -0.25) is 9.36 Å². The van der Waals surface area contributed by atoms with Crippen LogP contribution in [0.5, 0.6) is 0 Å². The Morgan fingerprint density at radius 1 is 0.968 bits per heavy atom. The van der Waals surface area contributed by atoms with Crippen LogP contribution in [-0.4, -0.2) is 19.5 Å². The van der Waals surface area contributed by atoms with E-state index in [4.69, 9.17) is 17.3 Å². The minimum absolute atomic E-state index is 0.0558. The first-order valence-corrected chi connectivity index (χ1v) is 10.2. The number of pyridine rings is 2. The summed E-state index contributed by atoms with van der Waals surface area (Å²) in [5.41, 5.74) is 8.63. The monoisotopic (exact) mass is 432 g/mol. The maximum Gasteiger partial charge on any atom is 0.255 e. The Kier molecular flexibility index (Phi) is 6.24. The zero-order valence-electron chi connectivity index (χ0n) is 16.6. The number of anilines is 2. The number of aromatic nitrogens is 4. The van der Waals surface area contributed by atoms with Crippen LogP contribution in [0.1, 0.15) is 23.6 Å². The van der Waals surface area contributed by atoms with Crippen molar-refractivity contribution >= 4 is 23.4 Å². The van der Waals surface area contributed by atoms with E-state index in [1.807, 2.05) is 18.2 Å². The van der Waals surface area contributed by atoms with E-state index < -0.39 is 0 Å². The highest BCUT2D eigenvalue weighted by atomic mass is 35.5. The normalized spacial score (nSPS) is 14.3. The van der Waals surface area contributed by atoms with Crippen LogP contribution in [0.3, 0.4) is 0 Å². The quantitative estimate of drug-likeness (QED) is 0.506. The molecule has 0 amide bonds. The molecule has 1 unspecified atom stereocenters. The highest BCUT2D eigenvalue weighted by molar-refractivity contribution is 6.30. The Hall–Kier alpha value is -3.71. The van der Waals surface area contributed by atoms with Crippen molar-refractivity contribution < 1.29 is 0 Å². The van der Waals surface area contributed by atoms with Crippen molar-refractivity contribution in [2.24, 2.45) is 0 Å². The predicted molar refractivity (Wildman–Crippen MR) is 122 cm³/mol. The van der Waals surface area contributed by atoms with Crippen LogP contribution in [0.2, 0.25) is 5.02 Å². The molecule has 3 N–H and O–H groups in total. The molecule has 0 saturated carbocycles. The van der Waals surface area contributed by atoms with Crippen molar-refractivity contribution in [3.8, 4) is 5.69 Å². The molecule has 7 nitrogen and oxygen atoms in total. The highest BCUT2D eigenvalue weighted by Gasteiger charge is 2.21. The third kappa shape index (κ3) is 5.07. The number of nitrogens with zero attached hydrogens (tertiary/aromatic N) is 4. The summed E-state index contributed by atoms with van der Waals surface area (Å²) in [6.45, 7) is 0. The maximum absolute atomic E-state index is 11.8. The number of rotatable bonds is 3. The Balaban J connectivity index is 0.000000245. The summed E-state index contributed by atoms with van der Waals surface area (Å²) in [6.07, 6.45) is 8.56. The first-order chi connectivity index (χ1) is 15.1. The number of nitrogens with two attached hydrogens (primary N) is 1. The van der Waals surface area contributed by atoms with Gasteiger partial charge in [0.05, 0.1) is 35.3 Å². The van der Waals surface area contributed by atoms with E-state index in [2.05, 4.69) is 44.5 Å². The molecule has 0 bridgehead atoms. The molecule has 31 heavy (non-hydrogen) atoms. The topological polar surface area (TPSA) is 98.7 Å². The Morgan fingerprint density at radius 3 is 2.45 bits per heavy atom. The van der Waals surface area contributed by atoms with Gasteiger partial charge in [-0.05, 0) is 42.2 Å². The molecule has 8 heteroatoms. The first-order valence-electron chi connectivity index (χ1n) is 9.81. The molecule has 1 atom stereocenters. The minimum Gasteiger partial charge on any atom is -0.368 e. The van der Waals surface area contributed by atoms with Crippen LogP contribution >= 0.6 is 11.6 Å². The molecule has 3 aromatic heterocycles. The summed E-state index contributed by atoms with van der Waals surface area (Å²) in [5, 5.41) is 3.99. The minimum atomic E-state index is -0.0558. The Labute approximate surface area is 184 Å². The van der Waals surface area contributed by atoms with E-state index in [0.29, 0.717) is 11.1 Å². The molecular formula is C23H21ClN6O. The van der Waals surface area contributed by atoms with Crippen molar-refractivity contribution in [2.45, 2.75) is 18.9 Å². The summed E-state index contributed by atoms with van der Waals surface area (Å²) in [7, 11) is 0. The smallest absolute Gasteiger partial charge is 0.255 e. The van der Waals surface area contributed by atoms with Gasteiger partial charge in [0.25, 0.3) is 5.56 Å². The van der Waals surface area contributed by atoms with Gasteiger partial charge in [0.2, 0.25) is 5.95 Å². The van der Waals surface area contributed by atoms with Crippen molar-refractivity contribution in [3.05, 3.63) is 106 Å². The second-order valence-corrected chi connectivity index (χ2v) is 7.44. The van der Waals surface area contributed by atoms with Crippen LogP contribution in [0.4, 0.5) is 11.8 Å². The number of nitrogens with one attached hydrogen (secondary N) is 1. The van der Waals surface area contributed by atoms with E-state index in [9.17, 15) is 4.79 Å². The molecule has 4 aromatic rings. The number of benzene rings is 1. The fraction of sp³-hybridized carbons (Fsp3) is 0.130. The number of halogens is 1. The Morgan fingerprint density at radius 2 is 1.74 bits per heavy atom. The molecule has 3 heterocycles. The van der Waals surface area contributed by atoms with Crippen LogP contribution < -0.4 is 16.6 Å². The van der Waals surface area contributed by atoms with Crippen molar-refractivity contribution in [1.29, 1.82) is 0 Å². The average Bonchev–Trinajstić information content (AvgIpc) is 3.20. The number of fused-ring (bicyclic) bond motifs is 1. The van der Waals surface area contributed by atoms with E-state index in [-0.39, 0.29) is 11.5 Å². The predicted octanol–water partition coefficient (Wildman–Crippen LogP) is 4.04. The molecule has 0 fully saturated rings. The second kappa shape index (κ2) is 9.40. The zero-order chi connectivity index (χ0) is 21.6. The van der Waals surface area contributed by atoms with Crippen LogP contribution in [0.15, 0.2) is 84.2 Å². The van der Waals surface area contributed by atoms with Crippen molar-refractivity contribution in [2.75, 3.05) is 11.1 Å². The van der Waals surface area contributed by atoms with Crippen LogP contribution in [0, 0.1) is 0 Å². The molecule has 0 radical (unpaired) electrons. The Bertz CT molecular complexity index is 1190. The molecule has 1 aliphatic rings. The molecule has 0 saturated heterocycles. The molecule has 1 aliphatic carbocycles. The van der Waals surface area contributed by atoms with Crippen LogP contribution in [-0.2, 0) is 6.42 Å². The summed E-state index contributed by atoms with van der Waals surface area (Å²) >= 11 is 5.43. The molecular weight excluding hydrogens is 412 g/mol. The fourth-order valence-electron chi connectivity index (χ4n) is 3.46. The molecule has 0 aliphatic heterocycles. The standard InChI is InChI=1S/C19H17N3O.C4H4ClN3/c23-19-7-3-4-12-22(19)15-9-11-18(20-13-15)21-17-10-8-14-5-1-2-6-16(14)17;5-3-1-7-4(6)8-2-3/h1-7,9,11-13,17H,8,10H2,(H,20,21);1-2H,(H2,6,7,8). The summed E-state index contributed by atoms with van der Waals surface area (Å²) < 4.78 is 1.58. The van der Waals surface area contributed by atoms with Gasteiger partial charge >= 0.3 is 0 Å². The van der Waals surface area contributed by atoms with Gasteiger partial charge in [-0.1, -0.05) is 41.9 Å². The van der Waals surface area contributed by atoms with E-state index in [1.165, 1.54) is 23.5 Å². The molecule has 1 aromatic carbocycles. The van der Waals surface area contributed by atoms with Gasteiger partial charge in [0.15, 0.2) is 0 Å². The van der Waals surface area contributed by atoms with Gasteiger partial charge in [0.1, 0.15) is 5.82 Å². The van der Waals surface area contributed by atoms with Crippen molar-refractivity contribution in [1.82, 2.24) is 19.5 Å². The number of hydrogen-bond acceptors (Lipinski definition) is 6. The number of aryl methyl sites for hydroxylation is 1. The summed E-state index contributed by atoms with van der Waals surface area (Å²) in [4.78, 5) is 23.5.